The summed E-state index contributed by atoms with van der Waals surface area (Å²) in [5, 5.41) is 0. The first-order chi connectivity index (χ1) is 13.7. The molecule has 0 aromatic heterocycles. The van der Waals surface area contributed by atoms with Gasteiger partial charge in [0.2, 0.25) is 0 Å². The molecule has 1 aliphatic carbocycles. The van der Waals surface area contributed by atoms with Crippen molar-refractivity contribution in [3.8, 4) is 16.9 Å². The van der Waals surface area contributed by atoms with Gasteiger partial charge in [-0.2, -0.15) is 8.42 Å². The molecule has 0 unspecified atom stereocenters. The van der Waals surface area contributed by atoms with Crippen molar-refractivity contribution in [3.63, 3.8) is 0 Å². The van der Waals surface area contributed by atoms with E-state index in [9.17, 15) is 17.8 Å². The van der Waals surface area contributed by atoms with Crippen LogP contribution in [0, 0.1) is 10.7 Å². The van der Waals surface area contributed by atoms with Crippen LogP contribution in [0.3, 0.4) is 0 Å². The lowest BCUT2D eigenvalue weighted by Crippen LogP contribution is -2.20. The van der Waals surface area contributed by atoms with Gasteiger partial charge in [0.05, 0.1) is 7.14 Å². The molecule has 9 heteroatoms. The molecule has 1 N–H and O–H groups in total. The van der Waals surface area contributed by atoms with Crippen LogP contribution in [-0.2, 0) is 14.9 Å². The molecule has 29 heavy (non-hydrogen) atoms. The molecule has 0 aliphatic heterocycles. The Balaban J connectivity index is 1.81. The zero-order valence-corrected chi connectivity index (χ0v) is 21.7. The number of benzene rings is 3. The molecule has 0 amide bonds. The van der Waals surface area contributed by atoms with Gasteiger partial charge in [-0.15, -0.1) is 0 Å². The summed E-state index contributed by atoms with van der Waals surface area (Å²) < 4.78 is 40.1. The number of esters is 1. The molecule has 0 heterocycles. The Bertz CT molecular complexity index is 1230. The van der Waals surface area contributed by atoms with E-state index in [0.29, 0.717) is 7.14 Å². The molecule has 1 aliphatic rings. The van der Waals surface area contributed by atoms with Gasteiger partial charge < -0.3 is 4.74 Å². The molecule has 3 aromatic rings. The van der Waals surface area contributed by atoms with Crippen molar-refractivity contribution in [2.24, 2.45) is 0 Å². The summed E-state index contributed by atoms with van der Waals surface area (Å²) in [6, 6.07) is 16.9. The zero-order valence-electron chi connectivity index (χ0n) is 14.4. The van der Waals surface area contributed by atoms with Crippen molar-refractivity contribution in [2.75, 3.05) is 0 Å². The number of carbonyl (C=O) groups is 1. The van der Waals surface area contributed by atoms with Crippen LogP contribution in [-0.4, -0.2) is 18.9 Å². The number of hydrogen-bond donors (Lipinski definition) is 1. The van der Waals surface area contributed by atoms with Gasteiger partial charge in [-0.3, -0.25) is 9.35 Å². The highest BCUT2D eigenvalue weighted by atomic mass is 127. The lowest BCUT2D eigenvalue weighted by molar-refractivity contribution is -0.135. The summed E-state index contributed by atoms with van der Waals surface area (Å²) in [6.45, 7) is 0. The van der Waals surface area contributed by atoms with Crippen LogP contribution in [0.5, 0.6) is 5.75 Å². The maximum Gasteiger partial charge on any atom is 0.323 e. The molecule has 0 radical (unpaired) electrons. The second kappa shape index (κ2) is 8.05. The third-order valence-electron chi connectivity index (χ3n) is 4.62. The average molecular weight is 744 g/mol. The largest absolute Gasteiger partial charge is 0.423 e. The van der Waals surface area contributed by atoms with E-state index in [0.717, 1.165) is 22.3 Å². The fourth-order valence-corrected chi connectivity index (χ4v) is 9.34. The molecule has 0 spiro atoms. The standard InChI is InChI=1S/C20H11I3O5S/c21-14-9-15(22)19(29(25,26)27)17(23)18(14)28-20(24)16-12-7-3-1-5-10(12)11-6-2-4-8-13(11)16/h1-9,16H,(H,25,26,27). The smallest absolute Gasteiger partial charge is 0.323 e. The zero-order chi connectivity index (χ0) is 20.9. The first-order valence-electron chi connectivity index (χ1n) is 8.25. The number of rotatable bonds is 3. The van der Waals surface area contributed by atoms with Crippen molar-refractivity contribution in [1.82, 2.24) is 0 Å². The van der Waals surface area contributed by atoms with E-state index in [2.05, 4.69) is 0 Å². The van der Waals surface area contributed by atoms with Crippen molar-refractivity contribution in [2.45, 2.75) is 10.8 Å². The Morgan fingerprint density at radius 3 is 1.93 bits per heavy atom. The van der Waals surface area contributed by atoms with E-state index in [1.54, 1.807) is 28.7 Å². The highest BCUT2D eigenvalue weighted by Crippen LogP contribution is 2.46. The average Bonchev–Trinajstić information content (AvgIpc) is 2.98. The van der Waals surface area contributed by atoms with Crippen LogP contribution in [0.25, 0.3) is 11.1 Å². The molecule has 0 fully saturated rings. The van der Waals surface area contributed by atoms with Crippen LogP contribution < -0.4 is 4.74 Å². The predicted octanol–water partition coefficient (Wildman–Crippen LogP) is 5.47. The summed E-state index contributed by atoms with van der Waals surface area (Å²) in [5.41, 5.74) is 3.67. The molecule has 148 valence electrons. The van der Waals surface area contributed by atoms with Gasteiger partial charge in [0, 0.05) is 3.57 Å². The molecular formula is C20H11I3O5S. The van der Waals surface area contributed by atoms with Crippen LogP contribution in [0.2, 0.25) is 0 Å². The number of ether oxygens (including phenoxy) is 1. The molecule has 5 nitrogen and oxygen atoms in total. The van der Waals surface area contributed by atoms with Crippen LogP contribution >= 0.6 is 67.8 Å². The third-order valence-corrected chi connectivity index (χ3v) is 8.97. The summed E-state index contributed by atoms with van der Waals surface area (Å²) in [4.78, 5) is 13.0. The Morgan fingerprint density at radius 1 is 0.897 bits per heavy atom. The van der Waals surface area contributed by atoms with E-state index in [1.807, 2.05) is 93.7 Å². The Kier molecular flexibility index (Phi) is 5.96. The Hall–Kier alpha value is -0.770. The minimum atomic E-state index is -4.47. The number of carbonyl (C=O) groups excluding carboxylic acids is 1. The van der Waals surface area contributed by atoms with Gasteiger partial charge in [0.1, 0.15) is 10.8 Å². The molecule has 0 bridgehead atoms. The minimum absolute atomic E-state index is 0.131. The Morgan fingerprint density at radius 2 is 1.41 bits per heavy atom. The van der Waals surface area contributed by atoms with Gasteiger partial charge in [-0.05, 0) is 96.1 Å². The predicted molar refractivity (Wildman–Crippen MR) is 134 cm³/mol. The second-order valence-electron chi connectivity index (χ2n) is 6.32. The fourth-order valence-electron chi connectivity index (χ4n) is 3.45. The van der Waals surface area contributed by atoms with Gasteiger partial charge in [0.25, 0.3) is 10.1 Å². The van der Waals surface area contributed by atoms with Gasteiger partial charge in [0.15, 0.2) is 5.75 Å². The first kappa shape index (κ1) is 21.5. The van der Waals surface area contributed by atoms with Crippen LogP contribution in [0.15, 0.2) is 59.5 Å². The molecule has 0 saturated carbocycles. The molecule has 0 atom stereocenters. The van der Waals surface area contributed by atoms with Gasteiger partial charge in [-0.25, -0.2) is 0 Å². The Labute approximate surface area is 208 Å². The molecular weight excluding hydrogens is 733 g/mol. The normalized spacial score (nSPS) is 13.1. The summed E-state index contributed by atoms with van der Waals surface area (Å²) in [6.07, 6.45) is 0. The maximum absolute atomic E-state index is 13.2. The monoisotopic (exact) mass is 744 g/mol. The summed E-state index contributed by atoms with van der Waals surface area (Å²) >= 11 is 5.61. The van der Waals surface area contributed by atoms with Crippen LogP contribution in [0.4, 0.5) is 0 Å². The van der Waals surface area contributed by atoms with E-state index in [1.165, 1.54) is 0 Å². The van der Waals surface area contributed by atoms with Gasteiger partial charge >= 0.3 is 5.97 Å². The SMILES string of the molecule is O=C(Oc1c(I)cc(I)c(S(=O)(=O)O)c1I)C1c2ccccc2-c2ccccc21. The number of hydrogen-bond acceptors (Lipinski definition) is 4. The summed E-state index contributed by atoms with van der Waals surface area (Å²) in [7, 11) is -4.47. The number of fused-ring (bicyclic) bond motifs is 3. The molecule has 0 saturated heterocycles. The van der Waals surface area contributed by atoms with Crippen molar-refractivity contribution in [1.29, 1.82) is 0 Å². The molecule has 4 rings (SSSR count). The lowest BCUT2D eigenvalue weighted by Gasteiger charge is -2.16. The quantitative estimate of drug-likeness (QED) is 0.167. The topological polar surface area (TPSA) is 80.7 Å². The van der Waals surface area contributed by atoms with E-state index in [-0.39, 0.29) is 14.2 Å². The van der Waals surface area contributed by atoms with Crippen molar-refractivity contribution < 1.29 is 22.5 Å². The third kappa shape index (κ3) is 3.83. The minimum Gasteiger partial charge on any atom is -0.423 e. The second-order valence-corrected chi connectivity index (χ2v) is 11.1. The highest BCUT2D eigenvalue weighted by molar-refractivity contribution is 14.1. The van der Waals surface area contributed by atoms with E-state index in [4.69, 9.17) is 4.74 Å². The van der Waals surface area contributed by atoms with Crippen molar-refractivity contribution in [3.05, 3.63) is 76.4 Å². The highest BCUT2D eigenvalue weighted by Gasteiger charge is 2.36. The van der Waals surface area contributed by atoms with E-state index >= 15 is 0 Å². The first-order valence-corrected chi connectivity index (χ1v) is 12.9. The van der Waals surface area contributed by atoms with E-state index < -0.39 is 22.0 Å². The summed E-state index contributed by atoms with van der Waals surface area (Å²) in [5.74, 6) is -0.978. The number of halogens is 3. The molecule has 3 aromatic carbocycles. The van der Waals surface area contributed by atoms with Gasteiger partial charge in [-0.1, -0.05) is 48.5 Å². The lowest BCUT2D eigenvalue weighted by atomic mass is 9.97. The maximum atomic E-state index is 13.2. The van der Waals surface area contributed by atoms with Crippen LogP contribution in [0.1, 0.15) is 17.0 Å². The van der Waals surface area contributed by atoms with Crippen molar-refractivity contribution >= 4 is 83.9 Å². The fraction of sp³-hybridized carbons (Fsp3) is 0.0500.